The minimum Gasteiger partial charge on any atom is -0.354 e. The number of rotatable bonds is 2. The molecule has 0 atom stereocenters. The summed E-state index contributed by atoms with van der Waals surface area (Å²) in [6.07, 6.45) is 0. The Morgan fingerprint density at radius 1 is 1.00 bits per heavy atom. The first kappa shape index (κ1) is 12.0. The zero-order valence-corrected chi connectivity index (χ0v) is 10.1. The van der Waals surface area contributed by atoms with E-state index in [0.29, 0.717) is 21.8 Å². The normalized spacial score (nSPS) is 9.28. The van der Waals surface area contributed by atoms with Crippen molar-refractivity contribution in [3.63, 3.8) is 0 Å². The highest BCUT2D eigenvalue weighted by Crippen LogP contribution is 2.24. The minimum atomic E-state index is 0.463. The van der Waals surface area contributed by atoms with Gasteiger partial charge in [-0.15, -0.1) is 0 Å². The first-order valence-electron chi connectivity index (χ1n) is 5.20. The van der Waals surface area contributed by atoms with Crippen LogP contribution in [0.15, 0.2) is 42.5 Å². The van der Waals surface area contributed by atoms with Gasteiger partial charge in [0.2, 0.25) is 0 Å². The van der Waals surface area contributed by atoms with Gasteiger partial charge in [-0.05, 0) is 36.4 Å². The molecule has 4 heteroatoms. The number of hydrogen-bond acceptors (Lipinski definition) is 3. The lowest BCUT2D eigenvalue weighted by Gasteiger charge is -2.08. The predicted molar refractivity (Wildman–Crippen MR) is 70.6 cm³/mol. The molecule has 0 unspecified atom stereocenters. The fourth-order valence-electron chi connectivity index (χ4n) is 1.54. The second-order valence-corrected chi connectivity index (χ2v) is 4.06. The van der Waals surface area contributed by atoms with Crippen molar-refractivity contribution < 1.29 is 0 Å². The molecule has 0 saturated carbocycles. The third kappa shape index (κ3) is 2.60. The molecular formula is C14H8ClN3. The summed E-state index contributed by atoms with van der Waals surface area (Å²) in [7, 11) is 0. The minimum absolute atomic E-state index is 0.463. The average Bonchev–Trinajstić information content (AvgIpc) is 2.41. The molecule has 0 fully saturated rings. The topological polar surface area (TPSA) is 59.6 Å². The van der Waals surface area contributed by atoms with Crippen LogP contribution < -0.4 is 5.32 Å². The Labute approximate surface area is 110 Å². The average molecular weight is 254 g/mol. The van der Waals surface area contributed by atoms with Crippen LogP contribution in [-0.4, -0.2) is 0 Å². The van der Waals surface area contributed by atoms with Gasteiger partial charge in [-0.1, -0.05) is 17.7 Å². The van der Waals surface area contributed by atoms with Gasteiger partial charge in [0.05, 0.1) is 22.9 Å². The zero-order valence-electron chi connectivity index (χ0n) is 9.31. The number of nitrogens with one attached hydrogen (secondary N) is 1. The fraction of sp³-hybridized carbons (Fsp3) is 0. The summed E-state index contributed by atoms with van der Waals surface area (Å²) in [5.41, 5.74) is 2.45. The number of anilines is 2. The van der Waals surface area contributed by atoms with Gasteiger partial charge in [-0.2, -0.15) is 10.5 Å². The van der Waals surface area contributed by atoms with Crippen molar-refractivity contribution in [2.24, 2.45) is 0 Å². The molecule has 0 amide bonds. The highest BCUT2D eigenvalue weighted by Gasteiger charge is 2.03. The van der Waals surface area contributed by atoms with Crippen LogP contribution in [0.4, 0.5) is 11.4 Å². The predicted octanol–water partition coefficient (Wildman–Crippen LogP) is 3.83. The van der Waals surface area contributed by atoms with Gasteiger partial charge in [0.15, 0.2) is 0 Å². The highest BCUT2D eigenvalue weighted by molar-refractivity contribution is 6.30. The summed E-state index contributed by atoms with van der Waals surface area (Å²) in [5.74, 6) is 0. The Balaban J connectivity index is 2.35. The van der Waals surface area contributed by atoms with E-state index in [9.17, 15) is 0 Å². The molecule has 18 heavy (non-hydrogen) atoms. The van der Waals surface area contributed by atoms with Crippen LogP contribution in [0, 0.1) is 22.7 Å². The van der Waals surface area contributed by atoms with E-state index in [1.807, 2.05) is 6.07 Å². The van der Waals surface area contributed by atoms with E-state index < -0.39 is 0 Å². The van der Waals surface area contributed by atoms with Crippen LogP contribution in [0.3, 0.4) is 0 Å². The number of nitrogens with zero attached hydrogens (tertiary/aromatic N) is 2. The van der Waals surface area contributed by atoms with Crippen molar-refractivity contribution in [2.45, 2.75) is 0 Å². The molecule has 0 bridgehead atoms. The molecule has 0 aromatic heterocycles. The summed E-state index contributed by atoms with van der Waals surface area (Å²) >= 11 is 5.82. The monoisotopic (exact) mass is 253 g/mol. The van der Waals surface area contributed by atoms with Gasteiger partial charge in [0.1, 0.15) is 6.07 Å². The van der Waals surface area contributed by atoms with E-state index in [-0.39, 0.29) is 0 Å². The number of nitriles is 2. The van der Waals surface area contributed by atoms with Crippen molar-refractivity contribution in [2.75, 3.05) is 5.32 Å². The van der Waals surface area contributed by atoms with E-state index in [4.69, 9.17) is 22.1 Å². The van der Waals surface area contributed by atoms with E-state index in [0.717, 1.165) is 5.69 Å². The van der Waals surface area contributed by atoms with E-state index >= 15 is 0 Å². The Kier molecular flexibility index (Phi) is 3.48. The molecular weight excluding hydrogens is 246 g/mol. The van der Waals surface area contributed by atoms with Crippen molar-refractivity contribution in [3.05, 3.63) is 58.6 Å². The third-order valence-electron chi connectivity index (χ3n) is 2.37. The summed E-state index contributed by atoms with van der Waals surface area (Å²) in [6, 6.07) is 16.2. The summed E-state index contributed by atoms with van der Waals surface area (Å²) in [6.45, 7) is 0. The van der Waals surface area contributed by atoms with Gasteiger partial charge in [0, 0.05) is 10.7 Å². The Bertz CT molecular complexity index is 665. The smallest absolute Gasteiger partial charge is 0.101 e. The molecule has 0 aliphatic rings. The summed E-state index contributed by atoms with van der Waals surface area (Å²) in [4.78, 5) is 0. The van der Waals surface area contributed by atoms with E-state index in [1.165, 1.54) is 0 Å². The maximum absolute atomic E-state index is 9.02. The maximum atomic E-state index is 9.02. The summed E-state index contributed by atoms with van der Waals surface area (Å²) < 4.78 is 0. The van der Waals surface area contributed by atoms with Crippen LogP contribution in [0.2, 0.25) is 5.02 Å². The molecule has 86 valence electrons. The number of hydrogen-bond donors (Lipinski definition) is 1. The molecule has 2 rings (SSSR count). The molecule has 2 aromatic rings. The highest BCUT2D eigenvalue weighted by atomic mass is 35.5. The Morgan fingerprint density at radius 3 is 2.56 bits per heavy atom. The second-order valence-electron chi connectivity index (χ2n) is 3.62. The fourth-order valence-corrected chi connectivity index (χ4v) is 1.71. The molecule has 0 heterocycles. The van der Waals surface area contributed by atoms with Crippen LogP contribution in [0.5, 0.6) is 0 Å². The van der Waals surface area contributed by atoms with Crippen LogP contribution in [-0.2, 0) is 0 Å². The quantitative estimate of drug-likeness (QED) is 0.885. The standard InChI is InChI=1S/C14H8ClN3/c15-12-4-5-14(11(7-12)9-17)18-13-3-1-2-10(6-13)8-16/h1-7,18H. The molecule has 1 N–H and O–H groups in total. The maximum Gasteiger partial charge on any atom is 0.101 e. The SMILES string of the molecule is N#Cc1cccc(Nc2ccc(Cl)cc2C#N)c1. The number of benzene rings is 2. The molecule has 3 nitrogen and oxygen atoms in total. The lowest BCUT2D eigenvalue weighted by Crippen LogP contribution is -1.93. The van der Waals surface area contributed by atoms with Gasteiger partial charge in [-0.25, -0.2) is 0 Å². The second kappa shape index (κ2) is 5.23. The van der Waals surface area contributed by atoms with Crippen molar-refractivity contribution in [1.29, 1.82) is 10.5 Å². The Morgan fingerprint density at radius 2 is 1.83 bits per heavy atom. The zero-order chi connectivity index (χ0) is 13.0. The van der Waals surface area contributed by atoms with Crippen molar-refractivity contribution >= 4 is 23.0 Å². The molecule has 0 saturated heterocycles. The van der Waals surface area contributed by atoms with Gasteiger partial charge in [0.25, 0.3) is 0 Å². The Hall–Kier alpha value is -2.49. The summed E-state index contributed by atoms with van der Waals surface area (Å²) in [5, 5.41) is 21.4. The van der Waals surface area contributed by atoms with Gasteiger partial charge >= 0.3 is 0 Å². The molecule has 2 aromatic carbocycles. The molecule has 0 aliphatic heterocycles. The first-order chi connectivity index (χ1) is 8.72. The third-order valence-corrected chi connectivity index (χ3v) is 2.61. The first-order valence-corrected chi connectivity index (χ1v) is 5.57. The van der Waals surface area contributed by atoms with Gasteiger partial charge in [-0.3, -0.25) is 0 Å². The number of halogens is 1. The van der Waals surface area contributed by atoms with E-state index in [1.54, 1.807) is 36.4 Å². The van der Waals surface area contributed by atoms with Crippen LogP contribution in [0.25, 0.3) is 0 Å². The lowest BCUT2D eigenvalue weighted by atomic mass is 10.1. The lowest BCUT2D eigenvalue weighted by molar-refractivity contribution is 1.45. The van der Waals surface area contributed by atoms with E-state index in [2.05, 4.69) is 17.5 Å². The molecule has 0 radical (unpaired) electrons. The molecule has 0 spiro atoms. The van der Waals surface area contributed by atoms with Crippen LogP contribution in [0.1, 0.15) is 11.1 Å². The van der Waals surface area contributed by atoms with Crippen molar-refractivity contribution in [3.8, 4) is 12.1 Å². The van der Waals surface area contributed by atoms with Crippen molar-refractivity contribution in [1.82, 2.24) is 0 Å². The molecule has 0 aliphatic carbocycles. The largest absolute Gasteiger partial charge is 0.354 e. The van der Waals surface area contributed by atoms with Crippen LogP contribution >= 0.6 is 11.6 Å². The van der Waals surface area contributed by atoms with Gasteiger partial charge < -0.3 is 5.32 Å².